The van der Waals surface area contributed by atoms with Crippen LogP contribution in [-0.2, 0) is 0 Å². The van der Waals surface area contributed by atoms with Gasteiger partial charge in [0, 0.05) is 12.3 Å². The van der Waals surface area contributed by atoms with Gasteiger partial charge in [-0.15, -0.1) is 0 Å². The SMILES string of the molecule is Cc1ccccc1OCCCCCNCCS. The number of ether oxygens (including phenoxy) is 1. The summed E-state index contributed by atoms with van der Waals surface area (Å²) in [6, 6.07) is 8.17. The molecule has 1 rings (SSSR count). The zero-order valence-electron chi connectivity index (χ0n) is 10.6. The highest BCUT2D eigenvalue weighted by Gasteiger charge is 1.97. The number of para-hydroxylation sites is 1. The van der Waals surface area contributed by atoms with Gasteiger partial charge in [-0.1, -0.05) is 18.2 Å². The molecular weight excluding hydrogens is 230 g/mol. The molecule has 0 saturated heterocycles. The molecule has 0 radical (unpaired) electrons. The normalized spacial score (nSPS) is 10.5. The fourth-order valence-corrected chi connectivity index (χ4v) is 1.79. The summed E-state index contributed by atoms with van der Waals surface area (Å²) in [7, 11) is 0. The average Bonchev–Trinajstić information content (AvgIpc) is 2.35. The minimum atomic E-state index is 0.817. The van der Waals surface area contributed by atoms with Crippen molar-refractivity contribution in [3.8, 4) is 5.75 Å². The third-order valence-corrected chi connectivity index (χ3v) is 2.86. The number of thiol groups is 1. The number of aryl methyl sites for hydroxylation is 1. The molecule has 0 aliphatic rings. The summed E-state index contributed by atoms with van der Waals surface area (Å²) in [5.41, 5.74) is 1.21. The summed E-state index contributed by atoms with van der Waals surface area (Å²) in [5, 5.41) is 3.34. The monoisotopic (exact) mass is 253 g/mol. The van der Waals surface area contributed by atoms with Crippen LogP contribution in [-0.4, -0.2) is 25.4 Å². The van der Waals surface area contributed by atoms with Crippen molar-refractivity contribution in [2.24, 2.45) is 0 Å². The topological polar surface area (TPSA) is 21.3 Å². The molecule has 0 fully saturated rings. The molecule has 17 heavy (non-hydrogen) atoms. The maximum Gasteiger partial charge on any atom is 0.122 e. The average molecular weight is 253 g/mol. The van der Waals surface area contributed by atoms with E-state index in [-0.39, 0.29) is 0 Å². The third kappa shape index (κ3) is 6.59. The van der Waals surface area contributed by atoms with Crippen molar-refractivity contribution >= 4 is 12.6 Å². The molecule has 0 amide bonds. The van der Waals surface area contributed by atoms with Crippen LogP contribution in [0.5, 0.6) is 5.75 Å². The Morgan fingerprint density at radius 1 is 1.12 bits per heavy atom. The Kier molecular flexibility index (Phi) is 7.93. The van der Waals surface area contributed by atoms with Gasteiger partial charge in [0.2, 0.25) is 0 Å². The maximum absolute atomic E-state index is 5.73. The third-order valence-electron chi connectivity index (χ3n) is 2.64. The van der Waals surface area contributed by atoms with E-state index < -0.39 is 0 Å². The van der Waals surface area contributed by atoms with Gasteiger partial charge in [0.25, 0.3) is 0 Å². The van der Waals surface area contributed by atoms with Crippen molar-refractivity contribution in [2.45, 2.75) is 26.2 Å². The molecule has 3 heteroatoms. The van der Waals surface area contributed by atoms with Gasteiger partial charge < -0.3 is 10.1 Å². The van der Waals surface area contributed by atoms with E-state index in [0.29, 0.717) is 0 Å². The predicted molar refractivity (Wildman–Crippen MR) is 77.2 cm³/mol. The van der Waals surface area contributed by atoms with Gasteiger partial charge >= 0.3 is 0 Å². The Hall–Kier alpha value is -0.670. The second-order valence-corrected chi connectivity index (χ2v) is 4.60. The number of hydrogen-bond donors (Lipinski definition) is 2. The highest BCUT2D eigenvalue weighted by Crippen LogP contribution is 2.16. The van der Waals surface area contributed by atoms with E-state index in [1.54, 1.807) is 0 Å². The Labute approximate surface area is 110 Å². The van der Waals surface area contributed by atoms with Gasteiger partial charge in [-0.05, 0) is 44.4 Å². The van der Waals surface area contributed by atoms with E-state index in [1.165, 1.54) is 18.4 Å². The van der Waals surface area contributed by atoms with Gasteiger partial charge in [0.1, 0.15) is 5.75 Å². The lowest BCUT2D eigenvalue weighted by Crippen LogP contribution is -2.17. The van der Waals surface area contributed by atoms with Crippen molar-refractivity contribution < 1.29 is 4.74 Å². The van der Waals surface area contributed by atoms with E-state index in [2.05, 4.69) is 30.9 Å². The lowest BCUT2D eigenvalue weighted by molar-refractivity contribution is 0.303. The van der Waals surface area contributed by atoms with Gasteiger partial charge in [-0.25, -0.2) is 0 Å². The van der Waals surface area contributed by atoms with E-state index >= 15 is 0 Å². The summed E-state index contributed by atoms with van der Waals surface area (Å²) in [6.45, 7) is 4.99. The Bertz CT molecular complexity index is 304. The molecule has 96 valence electrons. The fraction of sp³-hybridized carbons (Fsp3) is 0.571. The molecule has 1 aromatic carbocycles. The van der Waals surface area contributed by atoms with Crippen LogP contribution in [0.15, 0.2) is 24.3 Å². The zero-order chi connectivity index (χ0) is 12.3. The summed E-state index contributed by atoms with van der Waals surface area (Å²) in [5.74, 6) is 1.93. The van der Waals surface area contributed by atoms with Crippen LogP contribution in [0.3, 0.4) is 0 Å². The number of nitrogens with one attached hydrogen (secondary N) is 1. The second-order valence-electron chi connectivity index (χ2n) is 4.15. The van der Waals surface area contributed by atoms with Crippen LogP contribution in [0.1, 0.15) is 24.8 Å². The molecule has 0 atom stereocenters. The van der Waals surface area contributed by atoms with Gasteiger partial charge in [-0.2, -0.15) is 12.6 Å². The highest BCUT2D eigenvalue weighted by molar-refractivity contribution is 7.80. The molecule has 0 aliphatic heterocycles. The van der Waals surface area contributed by atoms with Crippen LogP contribution in [0, 0.1) is 6.92 Å². The summed E-state index contributed by atoms with van der Waals surface area (Å²) in [4.78, 5) is 0. The highest BCUT2D eigenvalue weighted by atomic mass is 32.1. The first-order valence-electron chi connectivity index (χ1n) is 6.34. The fourth-order valence-electron chi connectivity index (χ4n) is 1.63. The molecule has 0 heterocycles. The Morgan fingerprint density at radius 3 is 2.71 bits per heavy atom. The largest absolute Gasteiger partial charge is 0.493 e. The molecular formula is C14H23NOS. The molecule has 0 bridgehead atoms. The molecule has 2 nitrogen and oxygen atoms in total. The summed E-state index contributed by atoms with van der Waals surface area (Å²) >= 11 is 4.15. The standard InChI is InChI=1S/C14H23NOS/c1-13-7-3-4-8-14(13)16-11-6-2-5-9-15-10-12-17/h3-4,7-8,15,17H,2,5-6,9-12H2,1H3. The Balaban J connectivity index is 1.99. The van der Waals surface area contributed by atoms with Crippen LogP contribution < -0.4 is 10.1 Å². The lowest BCUT2D eigenvalue weighted by Gasteiger charge is -2.08. The van der Waals surface area contributed by atoms with Crippen molar-refractivity contribution in [3.05, 3.63) is 29.8 Å². The second kappa shape index (κ2) is 9.37. The van der Waals surface area contributed by atoms with E-state index in [4.69, 9.17) is 4.74 Å². The van der Waals surface area contributed by atoms with Gasteiger partial charge in [-0.3, -0.25) is 0 Å². The quantitative estimate of drug-likeness (QED) is 0.521. The molecule has 0 aromatic heterocycles. The van der Waals surface area contributed by atoms with E-state index in [9.17, 15) is 0 Å². The smallest absolute Gasteiger partial charge is 0.122 e. The zero-order valence-corrected chi connectivity index (χ0v) is 11.5. The van der Waals surface area contributed by atoms with Gasteiger partial charge in [0.05, 0.1) is 6.61 Å². The Morgan fingerprint density at radius 2 is 1.94 bits per heavy atom. The number of unbranched alkanes of at least 4 members (excludes halogenated alkanes) is 2. The maximum atomic E-state index is 5.73. The first-order chi connectivity index (χ1) is 8.34. The number of hydrogen-bond acceptors (Lipinski definition) is 3. The van der Waals surface area contributed by atoms with Crippen LogP contribution in [0.25, 0.3) is 0 Å². The minimum Gasteiger partial charge on any atom is -0.493 e. The van der Waals surface area contributed by atoms with Crippen molar-refractivity contribution in [1.82, 2.24) is 5.32 Å². The van der Waals surface area contributed by atoms with Crippen LogP contribution in [0.2, 0.25) is 0 Å². The van der Waals surface area contributed by atoms with Crippen LogP contribution in [0.4, 0.5) is 0 Å². The minimum absolute atomic E-state index is 0.817. The first kappa shape index (κ1) is 14.4. The van der Waals surface area contributed by atoms with E-state index in [1.807, 2.05) is 18.2 Å². The van der Waals surface area contributed by atoms with Gasteiger partial charge in [0.15, 0.2) is 0 Å². The molecule has 0 aliphatic carbocycles. The molecule has 1 N–H and O–H groups in total. The molecule has 0 spiro atoms. The number of rotatable bonds is 9. The predicted octanol–water partition coefficient (Wildman–Crippen LogP) is 3.06. The summed E-state index contributed by atoms with van der Waals surface area (Å²) in [6.07, 6.45) is 3.55. The van der Waals surface area contributed by atoms with Crippen molar-refractivity contribution in [3.63, 3.8) is 0 Å². The van der Waals surface area contributed by atoms with Crippen molar-refractivity contribution in [1.29, 1.82) is 0 Å². The van der Waals surface area contributed by atoms with Crippen molar-refractivity contribution in [2.75, 3.05) is 25.4 Å². The molecule has 0 unspecified atom stereocenters. The molecule has 0 saturated carbocycles. The van der Waals surface area contributed by atoms with E-state index in [0.717, 1.165) is 37.6 Å². The molecule has 1 aromatic rings. The first-order valence-corrected chi connectivity index (χ1v) is 6.98. The number of benzene rings is 1. The lowest BCUT2D eigenvalue weighted by atomic mass is 10.2. The summed E-state index contributed by atoms with van der Waals surface area (Å²) < 4.78 is 5.73. The van der Waals surface area contributed by atoms with Crippen LogP contribution >= 0.6 is 12.6 Å².